The lowest BCUT2D eigenvalue weighted by Crippen LogP contribution is -2.46. The number of anilines is 2. The molecule has 0 radical (unpaired) electrons. The fourth-order valence-electron chi connectivity index (χ4n) is 4.03. The molecule has 11 heteroatoms. The van der Waals surface area contributed by atoms with Gasteiger partial charge in [-0.05, 0) is 25.6 Å². The first-order valence-electron chi connectivity index (χ1n) is 12.8. The number of aliphatic imine (C=N–C) groups is 1. The fourth-order valence-corrected chi connectivity index (χ4v) is 4.03. The fraction of sp³-hybridized carbons (Fsp3) is 0.481. The number of amides is 1. The number of nitrogens with two attached hydrogens (primary N) is 2. The highest BCUT2D eigenvalue weighted by molar-refractivity contribution is 6.09. The number of amidine groups is 1. The van der Waals surface area contributed by atoms with Crippen molar-refractivity contribution in [2.24, 2.45) is 22.0 Å². The number of piperazine rings is 1. The van der Waals surface area contributed by atoms with Crippen molar-refractivity contribution in [2.45, 2.75) is 41.0 Å². The highest BCUT2D eigenvalue weighted by atomic mass is 16.1. The molecule has 1 aliphatic heterocycles. The molecule has 1 fully saturated rings. The third-order valence-electron chi connectivity index (χ3n) is 6.63. The normalized spacial score (nSPS) is 14.9. The van der Waals surface area contributed by atoms with Crippen LogP contribution in [0.15, 0.2) is 35.7 Å². The van der Waals surface area contributed by atoms with Gasteiger partial charge in [0.05, 0.1) is 47.5 Å². The standard InChI is InChI=1S/C27H39N9O2/c1-6-34-7-9-35(10-8-34)21-11-19(14-31-16-21)22(28)17-36(30)23-12-20(15-32-18(23)2)26(38)33-25(29)13-24(37)27(3,4)5/h11-12,14-16,28H,6-10,13,17,30H2,1-5H3,(H2,29,33,38). The second kappa shape index (κ2) is 12.2. The van der Waals surface area contributed by atoms with Crippen LogP contribution in [0.25, 0.3) is 0 Å². The zero-order valence-electron chi connectivity index (χ0n) is 23.0. The first kappa shape index (κ1) is 28.9. The summed E-state index contributed by atoms with van der Waals surface area (Å²) in [4.78, 5) is 42.1. The van der Waals surface area contributed by atoms with Crippen LogP contribution >= 0.6 is 0 Å². The maximum atomic E-state index is 12.7. The number of hydrazine groups is 1. The van der Waals surface area contributed by atoms with Crippen LogP contribution in [-0.4, -0.2) is 77.4 Å². The Labute approximate surface area is 224 Å². The lowest BCUT2D eigenvalue weighted by molar-refractivity contribution is -0.125. The van der Waals surface area contributed by atoms with E-state index in [9.17, 15) is 9.59 Å². The van der Waals surface area contributed by atoms with Crippen molar-refractivity contribution in [3.05, 3.63) is 47.5 Å². The third-order valence-corrected chi connectivity index (χ3v) is 6.63. The maximum absolute atomic E-state index is 12.7. The van der Waals surface area contributed by atoms with Gasteiger partial charge in [-0.25, -0.2) is 5.84 Å². The zero-order chi connectivity index (χ0) is 28.0. The van der Waals surface area contributed by atoms with E-state index >= 15 is 0 Å². The lowest BCUT2D eigenvalue weighted by Gasteiger charge is -2.35. The molecule has 38 heavy (non-hydrogen) atoms. The Hall–Kier alpha value is -3.70. The average Bonchev–Trinajstić information content (AvgIpc) is 2.88. The molecule has 2 aromatic rings. The first-order valence-corrected chi connectivity index (χ1v) is 12.8. The molecule has 5 N–H and O–H groups in total. The number of hydrogen-bond acceptors (Lipinski definition) is 9. The molecule has 0 bridgehead atoms. The van der Waals surface area contributed by atoms with Gasteiger partial charge in [0.2, 0.25) is 0 Å². The van der Waals surface area contributed by atoms with Crippen molar-refractivity contribution >= 4 is 34.6 Å². The highest BCUT2D eigenvalue weighted by Gasteiger charge is 2.23. The molecule has 2 aromatic heterocycles. The number of carbonyl (C=O) groups is 2. The van der Waals surface area contributed by atoms with Crippen molar-refractivity contribution in [3.8, 4) is 0 Å². The van der Waals surface area contributed by atoms with E-state index in [1.165, 1.54) is 11.2 Å². The molecule has 0 unspecified atom stereocenters. The van der Waals surface area contributed by atoms with Gasteiger partial charge < -0.3 is 26.0 Å². The molecule has 1 amide bonds. The Morgan fingerprint density at radius 3 is 2.42 bits per heavy atom. The van der Waals surface area contributed by atoms with E-state index in [0.29, 0.717) is 16.9 Å². The molecule has 0 atom stereocenters. The van der Waals surface area contributed by atoms with Crippen molar-refractivity contribution in [2.75, 3.05) is 49.2 Å². The predicted octanol–water partition coefficient (Wildman–Crippen LogP) is 2.18. The number of nitrogens with zero attached hydrogens (tertiary/aromatic N) is 6. The van der Waals surface area contributed by atoms with Crippen LogP contribution < -0.4 is 21.5 Å². The van der Waals surface area contributed by atoms with Crippen LogP contribution in [0.2, 0.25) is 0 Å². The molecule has 0 spiro atoms. The Morgan fingerprint density at radius 2 is 1.79 bits per heavy atom. The molecule has 0 aliphatic carbocycles. The van der Waals surface area contributed by atoms with Gasteiger partial charge in [-0.15, -0.1) is 0 Å². The summed E-state index contributed by atoms with van der Waals surface area (Å²) in [5.41, 5.74) is 8.50. The molecule has 204 valence electrons. The van der Waals surface area contributed by atoms with E-state index in [4.69, 9.17) is 17.0 Å². The van der Waals surface area contributed by atoms with Crippen LogP contribution in [0.4, 0.5) is 11.4 Å². The number of ketones is 1. The van der Waals surface area contributed by atoms with E-state index in [0.717, 1.165) is 38.4 Å². The average molecular weight is 522 g/mol. The minimum absolute atomic E-state index is 0.0491. The summed E-state index contributed by atoms with van der Waals surface area (Å²) in [6, 6.07) is 3.54. The number of rotatable bonds is 9. The molecule has 1 saturated heterocycles. The van der Waals surface area contributed by atoms with Gasteiger partial charge in [0.25, 0.3) is 5.91 Å². The van der Waals surface area contributed by atoms with Crippen molar-refractivity contribution < 1.29 is 9.59 Å². The SMILES string of the molecule is CCN1CCN(c2cncc(C(=N)CN(N)c3cc(C(=O)N=C(N)CC(=O)C(C)(C)C)cnc3C)c2)CC1. The largest absolute Gasteiger partial charge is 0.387 e. The summed E-state index contributed by atoms with van der Waals surface area (Å²) in [6.45, 7) is 14.2. The number of aryl methyl sites for hydroxylation is 1. The van der Waals surface area contributed by atoms with Crippen LogP contribution in [-0.2, 0) is 4.79 Å². The smallest absolute Gasteiger partial charge is 0.280 e. The van der Waals surface area contributed by atoms with E-state index in [1.807, 2.05) is 12.3 Å². The Bertz CT molecular complexity index is 1210. The van der Waals surface area contributed by atoms with Gasteiger partial charge in [0.15, 0.2) is 0 Å². The van der Waals surface area contributed by atoms with Crippen molar-refractivity contribution in [3.63, 3.8) is 0 Å². The zero-order valence-corrected chi connectivity index (χ0v) is 23.0. The van der Waals surface area contributed by atoms with Gasteiger partial charge >= 0.3 is 0 Å². The van der Waals surface area contributed by atoms with Gasteiger partial charge in [0, 0.05) is 49.6 Å². The monoisotopic (exact) mass is 521 g/mol. The maximum Gasteiger partial charge on any atom is 0.280 e. The Balaban J connectivity index is 1.70. The highest BCUT2D eigenvalue weighted by Crippen LogP contribution is 2.21. The number of pyridine rings is 2. The van der Waals surface area contributed by atoms with Crippen molar-refractivity contribution in [1.82, 2.24) is 14.9 Å². The topological polar surface area (TPSA) is 158 Å². The van der Waals surface area contributed by atoms with Gasteiger partial charge in [-0.3, -0.25) is 19.6 Å². The molecule has 3 heterocycles. The van der Waals surface area contributed by atoms with E-state index < -0.39 is 11.3 Å². The van der Waals surface area contributed by atoms with Crippen molar-refractivity contribution in [1.29, 1.82) is 5.41 Å². The molecular weight excluding hydrogens is 482 g/mol. The number of likely N-dealkylation sites (N-methyl/N-ethyl adjacent to an activating group) is 1. The second-order valence-corrected chi connectivity index (χ2v) is 10.5. The number of Topliss-reactive ketones (excluding diaryl/α,β-unsaturated/α-hetero) is 1. The quantitative estimate of drug-likeness (QED) is 0.195. The summed E-state index contributed by atoms with van der Waals surface area (Å²) in [7, 11) is 0. The molecule has 3 rings (SSSR count). The van der Waals surface area contributed by atoms with Crippen LogP contribution in [0, 0.1) is 17.7 Å². The van der Waals surface area contributed by atoms with E-state index in [2.05, 4.69) is 31.7 Å². The number of nitrogens with one attached hydrogen (secondary N) is 1. The summed E-state index contributed by atoms with van der Waals surface area (Å²) < 4.78 is 0. The number of aromatic nitrogens is 2. The first-order chi connectivity index (χ1) is 17.9. The molecular formula is C27H39N9O2. The van der Waals surface area contributed by atoms with E-state index in [-0.39, 0.29) is 35.9 Å². The molecule has 11 nitrogen and oxygen atoms in total. The lowest BCUT2D eigenvalue weighted by atomic mass is 9.89. The number of carbonyl (C=O) groups excluding carboxylic acids is 2. The predicted molar refractivity (Wildman–Crippen MR) is 151 cm³/mol. The number of hydrogen-bond donors (Lipinski definition) is 3. The van der Waals surface area contributed by atoms with Crippen LogP contribution in [0.3, 0.4) is 0 Å². The summed E-state index contributed by atoms with van der Waals surface area (Å²) in [6.07, 6.45) is 4.77. The molecule has 1 aliphatic rings. The Morgan fingerprint density at radius 1 is 1.11 bits per heavy atom. The Kier molecular flexibility index (Phi) is 9.29. The molecule has 0 saturated carbocycles. The summed E-state index contributed by atoms with van der Waals surface area (Å²) >= 11 is 0. The van der Waals surface area contributed by atoms with E-state index in [1.54, 1.807) is 40.0 Å². The second-order valence-electron chi connectivity index (χ2n) is 10.5. The van der Waals surface area contributed by atoms with Crippen LogP contribution in [0.1, 0.15) is 55.7 Å². The third kappa shape index (κ3) is 7.42. The summed E-state index contributed by atoms with van der Waals surface area (Å²) in [5.74, 6) is 5.56. The van der Waals surface area contributed by atoms with Crippen LogP contribution in [0.5, 0.6) is 0 Å². The molecule has 0 aromatic carbocycles. The van der Waals surface area contributed by atoms with Gasteiger partial charge in [0.1, 0.15) is 11.6 Å². The van der Waals surface area contributed by atoms with Gasteiger partial charge in [-0.1, -0.05) is 27.7 Å². The van der Waals surface area contributed by atoms with Gasteiger partial charge in [-0.2, -0.15) is 4.99 Å². The summed E-state index contributed by atoms with van der Waals surface area (Å²) in [5, 5.41) is 10.0. The minimum atomic E-state index is -0.610. The minimum Gasteiger partial charge on any atom is -0.387 e.